The van der Waals surface area contributed by atoms with Crippen molar-refractivity contribution in [3.05, 3.63) is 18.6 Å². The molecule has 5 nitrogen and oxygen atoms in total. The normalized spacial score (nSPS) is 37.2. The highest BCUT2D eigenvalue weighted by Gasteiger charge is 2.51. The topological polar surface area (TPSA) is 68.2 Å². The molecular weight excluding hydrogens is 262 g/mol. The van der Waals surface area contributed by atoms with E-state index in [2.05, 4.69) is 15.3 Å². The Morgan fingerprint density at radius 2 is 1.81 bits per heavy atom. The van der Waals surface area contributed by atoms with Crippen molar-refractivity contribution in [3.63, 3.8) is 0 Å². The fourth-order valence-electron chi connectivity index (χ4n) is 5.55. The summed E-state index contributed by atoms with van der Waals surface area (Å²) >= 11 is 0. The van der Waals surface area contributed by atoms with E-state index >= 15 is 0 Å². The molecule has 4 aliphatic rings. The largest absolute Gasteiger partial charge is 0.382 e. The lowest BCUT2D eigenvalue weighted by Crippen LogP contribution is -2.55. The van der Waals surface area contributed by atoms with Crippen LogP contribution in [0, 0.1) is 17.8 Å². The minimum atomic E-state index is 0.238. The van der Waals surface area contributed by atoms with E-state index in [9.17, 15) is 0 Å². The number of hydrogen-bond acceptors (Lipinski definition) is 4. The predicted octanol–water partition coefficient (Wildman–Crippen LogP) is 2.69. The lowest BCUT2D eigenvalue weighted by molar-refractivity contribution is 0.0106. The van der Waals surface area contributed by atoms with Crippen molar-refractivity contribution >= 4 is 17.3 Å². The molecule has 4 aliphatic carbocycles. The molecule has 5 heteroatoms. The number of anilines is 2. The first-order valence-corrected chi connectivity index (χ1v) is 8.06. The first-order valence-electron chi connectivity index (χ1n) is 8.06. The lowest BCUT2D eigenvalue weighted by Gasteiger charge is -2.57. The number of fused-ring (bicyclic) bond motifs is 1. The Kier molecular flexibility index (Phi) is 2.20. The SMILES string of the molecule is Nc1cn2ccnc2c(NC23CC4CC(CC(C4)C2)C3)n1. The van der Waals surface area contributed by atoms with Crippen molar-refractivity contribution in [1.82, 2.24) is 14.4 Å². The summed E-state index contributed by atoms with van der Waals surface area (Å²) in [5, 5.41) is 3.78. The van der Waals surface area contributed by atoms with Gasteiger partial charge >= 0.3 is 0 Å². The molecule has 110 valence electrons. The molecule has 0 radical (unpaired) electrons. The van der Waals surface area contributed by atoms with Crippen LogP contribution in [0.5, 0.6) is 0 Å². The monoisotopic (exact) mass is 283 g/mol. The van der Waals surface area contributed by atoms with Crippen LogP contribution in [0.1, 0.15) is 38.5 Å². The van der Waals surface area contributed by atoms with Crippen LogP contribution in [0.15, 0.2) is 18.6 Å². The summed E-state index contributed by atoms with van der Waals surface area (Å²) < 4.78 is 1.96. The molecule has 2 aromatic heterocycles. The molecule has 0 spiro atoms. The zero-order valence-corrected chi connectivity index (χ0v) is 12.1. The maximum absolute atomic E-state index is 5.95. The Morgan fingerprint density at radius 1 is 1.14 bits per heavy atom. The van der Waals surface area contributed by atoms with Crippen molar-refractivity contribution in [3.8, 4) is 0 Å². The molecule has 0 unspecified atom stereocenters. The van der Waals surface area contributed by atoms with Crippen molar-refractivity contribution in [2.45, 2.75) is 44.1 Å². The highest BCUT2D eigenvalue weighted by atomic mass is 15.2. The summed E-state index contributed by atoms with van der Waals surface area (Å²) in [5.41, 5.74) is 7.08. The van der Waals surface area contributed by atoms with Gasteiger partial charge < -0.3 is 15.5 Å². The van der Waals surface area contributed by atoms with Crippen LogP contribution >= 0.6 is 0 Å². The van der Waals surface area contributed by atoms with E-state index in [-0.39, 0.29) is 5.54 Å². The second-order valence-corrected chi connectivity index (χ2v) is 7.50. The predicted molar refractivity (Wildman–Crippen MR) is 81.9 cm³/mol. The minimum absolute atomic E-state index is 0.238. The van der Waals surface area contributed by atoms with Crippen LogP contribution in [0.3, 0.4) is 0 Å². The van der Waals surface area contributed by atoms with Crippen molar-refractivity contribution in [2.24, 2.45) is 17.8 Å². The van der Waals surface area contributed by atoms with Gasteiger partial charge in [0.1, 0.15) is 5.82 Å². The third-order valence-corrected chi connectivity index (χ3v) is 5.81. The summed E-state index contributed by atoms with van der Waals surface area (Å²) in [6, 6.07) is 0. The van der Waals surface area contributed by atoms with E-state index in [4.69, 9.17) is 5.73 Å². The first-order chi connectivity index (χ1) is 10.2. The summed E-state index contributed by atoms with van der Waals surface area (Å²) in [7, 11) is 0. The van der Waals surface area contributed by atoms with Crippen molar-refractivity contribution < 1.29 is 0 Å². The zero-order valence-electron chi connectivity index (χ0n) is 12.1. The molecule has 6 rings (SSSR count). The van der Waals surface area contributed by atoms with Crippen LogP contribution in [-0.2, 0) is 0 Å². The third kappa shape index (κ3) is 1.76. The van der Waals surface area contributed by atoms with Gasteiger partial charge in [0.2, 0.25) is 0 Å². The fourth-order valence-corrected chi connectivity index (χ4v) is 5.55. The van der Waals surface area contributed by atoms with Gasteiger partial charge in [0, 0.05) is 17.9 Å². The van der Waals surface area contributed by atoms with Crippen LogP contribution in [0.4, 0.5) is 11.6 Å². The maximum Gasteiger partial charge on any atom is 0.180 e. The van der Waals surface area contributed by atoms with Gasteiger partial charge in [-0.05, 0) is 56.3 Å². The number of rotatable bonds is 2. The van der Waals surface area contributed by atoms with Gasteiger partial charge in [0.05, 0.1) is 6.20 Å². The maximum atomic E-state index is 5.95. The Morgan fingerprint density at radius 3 is 2.48 bits per heavy atom. The summed E-state index contributed by atoms with van der Waals surface area (Å²) in [6.07, 6.45) is 13.8. The number of aromatic nitrogens is 3. The second-order valence-electron chi connectivity index (χ2n) is 7.50. The number of hydrogen-bond donors (Lipinski definition) is 2. The van der Waals surface area contributed by atoms with E-state index < -0.39 is 0 Å². The van der Waals surface area contributed by atoms with Gasteiger partial charge in [-0.25, -0.2) is 9.97 Å². The van der Waals surface area contributed by atoms with Gasteiger partial charge in [-0.1, -0.05) is 0 Å². The van der Waals surface area contributed by atoms with E-state index in [0.717, 1.165) is 29.2 Å². The van der Waals surface area contributed by atoms with E-state index in [0.29, 0.717) is 5.82 Å². The number of imidazole rings is 1. The lowest BCUT2D eigenvalue weighted by atomic mass is 9.53. The molecule has 4 fully saturated rings. The van der Waals surface area contributed by atoms with Crippen LogP contribution in [0.25, 0.3) is 5.65 Å². The van der Waals surface area contributed by atoms with Crippen molar-refractivity contribution in [1.29, 1.82) is 0 Å². The molecule has 2 heterocycles. The van der Waals surface area contributed by atoms with Gasteiger partial charge in [-0.15, -0.1) is 0 Å². The molecular formula is C16H21N5. The molecule has 4 saturated carbocycles. The van der Waals surface area contributed by atoms with Gasteiger partial charge in [-0.3, -0.25) is 0 Å². The number of nitrogens with two attached hydrogens (primary N) is 1. The highest BCUT2D eigenvalue weighted by Crippen LogP contribution is 2.56. The first kappa shape index (κ1) is 11.8. The molecule has 0 aromatic carbocycles. The molecule has 0 atom stereocenters. The molecule has 0 amide bonds. The van der Waals surface area contributed by atoms with Gasteiger partial charge in [0.15, 0.2) is 11.5 Å². The summed E-state index contributed by atoms with van der Waals surface area (Å²) in [5.74, 6) is 4.16. The van der Waals surface area contributed by atoms with Gasteiger partial charge in [-0.2, -0.15) is 0 Å². The second kappa shape index (κ2) is 3.90. The van der Waals surface area contributed by atoms with Crippen LogP contribution < -0.4 is 11.1 Å². The number of nitrogens with zero attached hydrogens (tertiary/aromatic N) is 3. The number of nitrogen functional groups attached to an aromatic ring is 1. The standard InChI is InChI=1S/C16H21N5/c17-13-9-21-2-1-18-15(21)14(19-13)20-16-6-10-3-11(7-16)5-12(4-10)8-16/h1-2,9-12H,3-8,17H2,(H,19,20). The average Bonchev–Trinajstić information content (AvgIpc) is 2.84. The highest BCUT2D eigenvalue weighted by molar-refractivity contribution is 5.66. The Bertz CT molecular complexity index is 668. The smallest absolute Gasteiger partial charge is 0.180 e. The average molecular weight is 283 g/mol. The zero-order chi connectivity index (χ0) is 14.0. The fraction of sp³-hybridized carbons (Fsp3) is 0.625. The quantitative estimate of drug-likeness (QED) is 0.889. The molecule has 21 heavy (non-hydrogen) atoms. The molecule has 2 aromatic rings. The van der Waals surface area contributed by atoms with Crippen molar-refractivity contribution in [2.75, 3.05) is 11.1 Å². The van der Waals surface area contributed by atoms with Gasteiger partial charge in [0.25, 0.3) is 0 Å². The summed E-state index contributed by atoms with van der Waals surface area (Å²) in [4.78, 5) is 8.97. The minimum Gasteiger partial charge on any atom is -0.382 e. The van der Waals surface area contributed by atoms with Crippen LogP contribution in [0.2, 0.25) is 0 Å². The Balaban J connectivity index is 1.55. The van der Waals surface area contributed by atoms with E-state index in [1.807, 2.05) is 16.8 Å². The Labute approximate surface area is 124 Å². The molecule has 3 N–H and O–H groups in total. The van der Waals surface area contributed by atoms with Crippen LogP contribution in [-0.4, -0.2) is 19.9 Å². The molecule has 0 aliphatic heterocycles. The molecule has 0 saturated heterocycles. The van der Waals surface area contributed by atoms with E-state index in [1.54, 1.807) is 6.20 Å². The third-order valence-electron chi connectivity index (χ3n) is 5.81. The Hall–Kier alpha value is -1.78. The summed E-state index contributed by atoms with van der Waals surface area (Å²) in [6.45, 7) is 0. The molecule has 4 bridgehead atoms. The van der Waals surface area contributed by atoms with E-state index in [1.165, 1.54) is 38.5 Å². The number of nitrogens with one attached hydrogen (secondary N) is 1.